The predicted molar refractivity (Wildman–Crippen MR) is 132 cm³/mol. The first-order valence-electron chi connectivity index (χ1n) is 11.1. The molecule has 0 atom stereocenters. The highest BCUT2D eigenvalue weighted by atomic mass is 15.1. The summed E-state index contributed by atoms with van der Waals surface area (Å²) in [7, 11) is 0. The molecular weight excluding hydrogens is 378 g/mol. The number of hydrogen-bond donors (Lipinski definition) is 1. The number of para-hydroxylation sites is 1. The van der Waals surface area contributed by atoms with E-state index in [0.717, 1.165) is 42.1 Å². The smallest absolute Gasteiger partial charge is 0.141 e. The molecule has 3 nitrogen and oxygen atoms in total. The van der Waals surface area contributed by atoms with Crippen LogP contribution in [0.5, 0.6) is 0 Å². The Kier molecular flexibility index (Phi) is 5.17. The standard InChI is InChI=1S/C28H27N3/c1-3-4-18-31-26-15-9-14-25(27(26)30-28(31)24-13-8-5-10-20(24)2)29-23-17-16-21-11-6-7-12-22(21)19-23/h5-17,19,29H,3-4,18H2,1-2H3. The molecule has 0 saturated heterocycles. The third-order valence-electron chi connectivity index (χ3n) is 5.93. The van der Waals surface area contributed by atoms with Gasteiger partial charge in [0.15, 0.2) is 0 Å². The minimum absolute atomic E-state index is 0.968. The summed E-state index contributed by atoms with van der Waals surface area (Å²) in [5.74, 6) is 1.05. The van der Waals surface area contributed by atoms with Crippen LogP contribution in [0.4, 0.5) is 11.4 Å². The van der Waals surface area contributed by atoms with Crippen molar-refractivity contribution >= 4 is 33.2 Å². The van der Waals surface area contributed by atoms with Gasteiger partial charge in [-0.3, -0.25) is 0 Å². The van der Waals surface area contributed by atoms with Crippen molar-refractivity contribution < 1.29 is 0 Å². The van der Waals surface area contributed by atoms with Crippen LogP contribution in [-0.4, -0.2) is 9.55 Å². The van der Waals surface area contributed by atoms with E-state index in [9.17, 15) is 0 Å². The van der Waals surface area contributed by atoms with E-state index in [1.54, 1.807) is 0 Å². The minimum Gasteiger partial charge on any atom is -0.354 e. The Morgan fingerprint density at radius 1 is 0.839 bits per heavy atom. The minimum atomic E-state index is 0.968. The summed E-state index contributed by atoms with van der Waals surface area (Å²) < 4.78 is 2.38. The molecule has 1 aromatic heterocycles. The average Bonchev–Trinajstić information content (AvgIpc) is 3.17. The second-order valence-electron chi connectivity index (χ2n) is 8.12. The molecule has 1 N–H and O–H groups in total. The highest BCUT2D eigenvalue weighted by Gasteiger charge is 2.16. The van der Waals surface area contributed by atoms with Gasteiger partial charge in [0.2, 0.25) is 0 Å². The first-order valence-corrected chi connectivity index (χ1v) is 11.1. The molecule has 0 aliphatic rings. The van der Waals surface area contributed by atoms with E-state index in [1.165, 1.54) is 27.4 Å². The zero-order valence-electron chi connectivity index (χ0n) is 18.1. The monoisotopic (exact) mass is 405 g/mol. The molecule has 0 amide bonds. The van der Waals surface area contributed by atoms with Crippen molar-refractivity contribution in [2.24, 2.45) is 0 Å². The van der Waals surface area contributed by atoms with Gasteiger partial charge >= 0.3 is 0 Å². The summed E-state index contributed by atoms with van der Waals surface area (Å²) >= 11 is 0. The molecule has 4 aromatic carbocycles. The number of hydrogen-bond acceptors (Lipinski definition) is 2. The number of imidazole rings is 1. The number of nitrogens with zero attached hydrogens (tertiary/aromatic N) is 2. The van der Waals surface area contributed by atoms with Crippen LogP contribution < -0.4 is 5.32 Å². The van der Waals surface area contributed by atoms with Crippen LogP contribution in [0.2, 0.25) is 0 Å². The van der Waals surface area contributed by atoms with Gasteiger partial charge in [-0.2, -0.15) is 0 Å². The maximum absolute atomic E-state index is 5.16. The van der Waals surface area contributed by atoms with Crippen LogP contribution in [0.3, 0.4) is 0 Å². The van der Waals surface area contributed by atoms with Gasteiger partial charge in [0.1, 0.15) is 11.3 Å². The Bertz CT molecular complexity index is 1360. The quantitative estimate of drug-likeness (QED) is 0.313. The van der Waals surface area contributed by atoms with Crippen molar-refractivity contribution in [2.45, 2.75) is 33.2 Å². The molecular formula is C28H27N3. The van der Waals surface area contributed by atoms with Gasteiger partial charge in [-0.25, -0.2) is 4.98 Å². The lowest BCUT2D eigenvalue weighted by Gasteiger charge is -2.11. The SMILES string of the molecule is CCCCn1c(-c2ccccc2C)nc2c(Nc3ccc4ccccc4c3)cccc21. The highest BCUT2D eigenvalue weighted by Crippen LogP contribution is 2.33. The average molecular weight is 406 g/mol. The normalized spacial score (nSPS) is 11.3. The fourth-order valence-electron chi connectivity index (χ4n) is 4.24. The fourth-order valence-corrected chi connectivity index (χ4v) is 4.24. The Morgan fingerprint density at radius 2 is 1.65 bits per heavy atom. The molecule has 0 bridgehead atoms. The third kappa shape index (κ3) is 3.68. The maximum Gasteiger partial charge on any atom is 0.141 e. The topological polar surface area (TPSA) is 29.9 Å². The van der Waals surface area contributed by atoms with Crippen molar-refractivity contribution in [1.29, 1.82) is 0 Å². The molecule has 31 heavy (non-hydrogen) atoms. The molecule has 3 heteroatoms. The summed E-state index contributed by atoms with van der Waals surface area (Å²) in [6.45, 7) is 5.36. The summed E-state index contributed by atoms with van der Waals surface area (Å²) in [5, 5.41) is 6.10. The molecule has 0 aliphatic heterocycles. The van der Waals surface area contributed by atoms with Crippen LogP contribution in [0.1, 0.15) is 25.3 Å². The molecule has 0 aliphatic carbocycles. The first kappa shape index (κ1) is 19.4. The van der Waals surface area contributed by atoms with Gasteiger partial charge in [-0.05, 0) is 53.9 Å². The van der Waals surface area contributed by atoms with Crippen molar-refractivity contribution in [2.75, 3.05) is 5.32 Å². The molecule has 5 aromatic rings. The lowest BCUT2D eigenvalue weighted by Crippen LogP contribution is -2.01. The number of rotatable bonds is 6. The zero-order chi connectivity index (χ0) is 21.2. The molecule has 0 spiro atoms. The molecule has 0 saturated carbocycles. The van der Waals surface area contributed by atoms with Crippen LogP contribution >= 0.6 is 0 Å². The van der Waals surface area contributed by atoms with Crippen molar-refractivity contribution in [3.05, 3.63) is 90.5 Å². The Labute approximate surface area is 183 Å². The van der Waals surface area contributed by atoms with Gasteiger partial charge < -0.3 is 9.88 Å². The largest absolute Gasteiger partial charge is 0.354 e. The Morgan fingerprint density at radius 3 is 2.48 bits per heavy atom. The van der Waals surface area contributed by atoms with Gasteiger partial charge in [-0.15, -0.1) is 0 Å². The molecule has 1 heterocycles. The number of unbranched alkanes of at least 4 members (excludes halogenated alkanes) is 1. The second-order valence-corrected chi connectivity index (χ2v) is 8.12. The van der Waals surface area contributed by atoms with E-state index < -0.39 is 0 Å². The van der Waals surface area contributed by atoms with Crippen molar-refractivity contribution in [1.82, 2.24) is 9.55 Å². The second kappa shape index (κ2) is 8.27. The van der Waals surface area contributed by atoms with Gasteiger partial charge in [0, 0.05) is 17.8 Å². The summed E-state index contributed by atoms with van der Waals surface area (Å²) in [4.78, 5) is 5.16. The van der Waals surface area contributed by atoms with E-state index in [4.69, 9.17) is 4.98 Å². The summed E-state index contributed by atoms with van der Waals surface area (Å²) in [6.07, 6.45) is 2.29. The van der Waals surface area contributed by atoms with Gasteiger partial charge in [0.25, 0.3) is 0 Å². The van der Waals surface area contributed by atoms with E-state index in [0.29, 0.717) is 0 Å². The lowest BCUT2D eigenvalue weighted by molar-refractivity contribution is 0.651. The van der Waals surface area contributed by atoms with Gasteiger partial charge in [0.05, 0.1) is 11.2 Å². The summed E-state index contributed by atoms with van der Waals surface area (Å²) in [5.41, 5.74) is 6.76. The predicted octanol–water partition coefficient (Wildman–Crippen LogP) is 7.71. The van der Waals surface area contributed by atoms with Crippen LogP contribution in [0.25, 0.3) is 33.2 Å². The maximum atomic E-state index is 5.16. The number of aryl methyl sites for hydroxylation is 2. The van der Waals surface area contributed by atoms with Crippen LogP contribution in [-0.2, 0) is 6.54 Å². The van der Waals surface area contributed by atoms with E-state index in [-0.39, 0.29) is 0 Å². The molecule has 154 valence electrons. The molecule has 0 radical (unpaired) electrons. The Hall–Kier alpha value is -3.59. The fraction of sp³-hybridized carbons (Fsp3) is 0.179. The third-order valence-corrected chi connectivity index (χ3v) is 5.93. The van der Waals surface area contributed by atoms with Gasteiger partial charge in [-0.1, -0.05) is 74.0 Å². The molecule has 5 rings (SSSR count). The number of aromatic nitrogens is 2. The van der Waals surface area contributed by atoms with Crippen LogP contribution in [0, 0.1) is 6.92 Å². The number of anilines is 2. The number of nitrogens with one attached hydrogen (secondary N) is 1. The van der Waals surface area contributed by atoms with Crippen LogP contribution in [0.15, 0.2) is 84.9 Å². The van der Waals surface area contributed by atoms with E-state index in [2.05, 4.69) is 109 Å². The Balaban J connectivity index is 1.63. The van der Waals surface area contributed by atoms with E-state index >= 15 is 0 Å². The lowest BCUT2D eigenvalue weighted by atomic mass is 10.1. The number of benzene rings is 4. The molecule has 0 unspecified atom stereocenters. The van der Waals surface area contributed by atoms with Crippen molar-refractivity contribution in [3.8, 4) is 11.4 Å². The van der Waals surface area contributed by atoms with E-state index in [1.807, 2.05) is 0 Å². The van der Waals surface area contributed by atoms with Crippen molar-refractivity contribution in [3.63, 3.8) is 0 Å². The first-order chi connectivity index (χ1) is 15.2. The zero-order valence-corrected chi connectivity index (χ0v) is 18.1. The highest BCUT2D eigenvalue weighted by molar-refractivity contribution is 5.94. The molecule has 0 fully saturated rings. The number of fused-ring (bicyclic) bond motifs is 2. The summed E-state index contributed by atoms with van der Waals surface area (Å²) in [6, 6.07) is 29.9.